The number of carbonyl (C=O) groups is 1. The molecule has 122 valence electrons. The van der Waals surface area contributed by atoms with Crippen molar-refractivity contribution in [3.63, 3.8) is 0 Å². The molecule has 3 atom stereocenters. The minimum absolute atomic E-state index is 0.0735. The fourth-order valence-electron chi connectivity index (χ4n) is 3.88. The molecule has 2 aromatic rings. The Morgan fingerprint density at radius 1 is 1.29 bits per heavy atom. The van der Waals surface area contributed by atoms with Crippen LogP contribution in [0.15, 0.2) is 36.5 Å². The molecule has 0 saturated carbocycles. The zero-order valence-electron chi connectivity index (χ0n) is 13.5. The maximum atomic E-state index is 12.5. The van der Waals surface area contributed by atoms with Gasteiger partial charge in [0.25, 0.3) is 5.91 Å². The second-order valence-electron chi connectivity index (χ2n) is 6.57. The standard InChI is InChI=1S/C18H19N5O/c1-12-8-9-23(21-12)14-4-2-13(3-5-14)18(24)20-16-10-15-6-7-17(16)22(15)11-19/h2-5,8-9,15-17H,6-7,10H2,1H3,(H,20,24)/t15-,16+,17+/m0/s1. The molecular formula is C18H19N5O. The zero-order chi connectivity index (χ0) is 16.7. The Bertz CT molecular complexity index is 804. The van der Waals surface area contributed by atoms with E-state index >= 15 is 0 Å². The first kappa shape index (κ1) is 14.8. The van der Waals surface area contributed by atoms with E-state index in [9.17, 15) is 10.1 Å². The molecule has 1 amide bonds. The number of benzene rings is 1. The van der Waals surface area contributed by atoms with Gasteiger partial charge in [-0.25, -0.2) is 4.68 Å². The van der Waals surface area contributed by atoms with Gasteiger partial charge in [0.05, 0.1) is 23.5 Å². The van der Waals surface area contributed by atoms with Gasteiger partial charge in [-0.1, -0.05) is 0 Å². The van der Waals surface area contributed by atoms with Gasteiger partial charge in [-0.15, -0.1) is 0 Å². The topological polar surface area (TPSA) is 74.0 Å². The van der Waals surface area contributed by atoms with Crippen LogP contribution in [-0.2, 0) is 0 Å². The third-order valence-corrected chi connectivity index (χ3v) is 5.09. The van der Waals surface area contributed by atoms with Crippen LogP contribution in [0, 0.1) is 18.4 Å². The van der Waals surface area contributed by atoms with Gasteiger partial charge in [-0.2, -0.15) is 10.4 Å². The highest BCUT2D eigenvalue weighted by Crippen LogP contribution is 2.37. The lowest BCUT2D eigenvalue weighted by Crippen LogP contribution is -2.43. The van der Waals surface area contributed by atoms with Crippen molar-refractivity contribution < 1.29 is 4.79 Å². The summed E-state index contributed by atoms with van der Waals surface area (Å²) in [5.74, 6) is -0.0753. The average Bonchev–Trinajstić information content (AvgIpc) is 3.28. The maximum absolute atomic E-state index is 12.5. The molecular weight excluding hydrogens is 302 g/mol. The summed E-state index contributed by atoms with van der Waals surface area (Å²) in [6.07, 6.45) is 7.08. The molecule has 4 rings (SSSR count). The van der Waals surface area contributed by atoms with Crippen molar-refractivity contribution in [2.75, 3.05) is 0 Å². The molecule has 2 aliphatic rings. The molecule has 1 N–H and O–H groups in total. The third-order valence-electron chi connectivity index (χ3n) is 5.09. The Morgan fingerprint density at radius 3 is 2.71 bits per heavy atom. The molecule has 3 heterocycles. The van der Waals surface area contributed by atoms with Crippen molar-refractivity contribution in [1.29, 1.82) is 5.26 Å². The lowest BCUT2D eigenvalue weighted by atomic mass is 9.95. The van der Waals surface area contributed by atoms with E-state index in [0.717, 1.165) is 30.6 Å². The van der Waals surface area contributed by atoms with Crippen molar-refractivity contribution in [2.45, 2.75) is 44.3 Å². The summed E-state index contributed by atoms with van der Waals surface area (Å²) in [6, 6.07) is 9.90. The van der Waals surface area contributed by atoms with E-state index in [1.54, 1.807) is 4.68 Å². The Kier molecular flexibility index (Phi) is 3.49. The highest BCUT2D eigenvalue weighted by atomic mass is 16.1. The summed E-state index contributed by atoms with van der Waals surface area (Å²) in [5, 5.41) is 16.7. The normalized spacial score (nSPS) is 24.8. The Balaban J connectivity index is 1.45. The minimum atomic E-state index is -0.0753. The molecule has 0 radical (unpaired) electrons. The van der Waals surface area contributed by atoms with Gasteiger partial charge in [-0.05, 0) is 56.5 Å². The van der Waals surface area contributed by atoms with Crippen molar-refractivity contribution >= 4 is 5.91 Å². The molecule has 6 nitrogen and oxygen atoms in total. The van der Waals surface area contributed by atoms with Crippen LogP contribution >= 0.6 is 0 Å². The first-order valence-electron chi connectivity index (χ1n) is 8.27. The molecule has 1 aromatic carbocycles. The highest BCUT2D eigenvalue weighted by molar-refractivity contribution is 5.94. The van der Waals surface area contributed by atoms with Gasteiger partial charge in [-0.3, -0.25) is 4.79 Å². The van der Waals surface area contributed by atoms with E-state index in [2.05, 4.69) is 16.6 Å². The van der Waals surface area contributed by atoms with Crippen LogP contribution in [-0.4, -0.2) is 38.7 Å². The van der Waals surface area contributed by atoms with Crippen LogP contribution in [0.2, 0.25) is 0 Å². The number of nitriles is 1. The molecule has 1 aromatic heterocycles. The number of nitrogens with zero attached hydrogens (tertiary/aromatic N) is 4. The number of rotatable bonds is 3. The molecule has 0 aliphatic carbocycles. The summed E-state index contributed by atoms with van der Waals surface area (Å²) in [4.78, 5) is 14.3. The van der Waals surface area contributed by atoms with E-state index in [1.165, 1.54) is 0 Å². The fraction of sp³-hybridized carbons (Fsp3) is 0.389. The van der Waals surface area contributed by atoms with Crippen LogP contribution < -0.4 is 5.32 Å². The van der Waals surface area contributed by atoms with E-state index in [1.807, 2.05) is 48.4 Å². The largest absolute Gasteiger partial charge is 0.347 e. The Morgan fingerprint density at radius 2 is 2.08 bits per heavy atom. The number of amides is 1. The maximum Gasteiger partial charge on any atom is 0.251 e. The van der Waals surface area contributed by atoms with Crippen LogP contribution in [0.5, 0.6) is 0 Å². The molecule has 2 saturated heterocycles. The fourth-order valence-corrected chi connectivity index (χ4v) is 3.88. The van der Waals surface area contributed by atoms with Gasteiger partial charge < -0.3 is 10.2 Å². The number of carbonyl (C=O) groups excluding carboxylic acids is 1. The number of aryl methyl sites for hydroxylation is 1. The van der Waals surface area contributed by atoms with Gasteiger partial charge in [0.15, 0.2) is 6.19 Å². The van der Waals surface area contributed by atoms with Gasteiger partial charge in [0.2, 0.25) is 0 Å². The van der Waals surface area contributed by atoms with Crippen molar-refractivity contribution in [3.8, 4) is 11.9 Å². The zero-order valence-corrected chi connectivity index (χ0v) is 13.5. The molecule has 0 spiro atoms. The summed E-state index contributed by atoms with van der Waals surface area (Å²) >= 11 is 0. The number of aromatic nitrogens is 2. The minimum Gasteiger partial charge on any atom is -0.347 e. The van der Waals surface area contributed by atoms with Crippen LogP contribution in [0.4, 0.5) is 0 Å². The molecule has 2 bridgehead atoms. The lowest BCUT2D eigenvalue weighted by molar-refractivity contribution is 0.0928. The monoisotopic (exact) mass is 321 g/mol. The predicted octanol–water partition coefficient (Wildman–Crippen LogP) is 2.00. The number of hydrogen-bond acceptors (Lipinski definition) is 4. The molecule has 2 fully saturated rings. The van der Waals surface area contributed by atoms with Crippen molar-refractivity contribution in [2.24, 2.45) is 0 Å². The Hall–Kier alpha value is -2.81. The summed E-state index contributed by atoms with van der Waals surface area (Å²) in [6.45, 7) is 1.94. The van der Waals surface area contributed by atoms with Gasteiger partial charge in [0, 0.05) is 17.8 Å². The van der Waals surface area contributed by atoms with E-state index < -0.39 is 0 Å². The molecule has 6 heteroatoms. The van der Waals surface area contributed by atoms with Crippen LogP contribution in [0.3, 0.4) is 0 Å². The van der Waals surface area contributed by atoms with Crippen LogP contribution in [0.1, 0.15) is 35.3 Å². The second kappa shape index (κ2) is 5.68. The average molecular weight is 321 g/mol. The van der Waals surface area contributed by atoms with Crippen LogP contribution in [0.25, 0.3) is 5.69 Å². The predicted molar refractivity (Wildman–Crippen MR) is 88.4 cm³/mol. The second-order valence-corrected chi connectivity index (χ2v) is 6.57. The quantitative estimate of drug-likeness (QED) is 0.878. The number of hydrogen-bond donors (Lipinski definition) is 1. The molecule has 24 heavy (non-hydrogen) atoms. The summed E-state index contributed by atoms with van der Waals surface area (Å²) in [5.41, 5.74) is 2.51. The SMILES string of the molecule is Cc1ccn(-c2ccc(C(=O)N[C@@H]3C[C@@H]4CC[C@H]3N4C#N)cc2)n1. The Labute approximate surface area is 140 Å². The molecule has 2 aliphatic heterocycles. The van der Waals surface area contributed by atoms with Crippen molar-refractivity contribution in [3.05, 3.63) is 47.8 Å². The summed E-state index contributed by atoms with van der Waals surface area (Å²) in [7, 11) is 0. The first-order valence-corrected chi connectivity index (χ1v) is 8.27. The van der Waals surface area contributed by atoms with E-state index in [4.69, 9.17) is 0 Å². The third kappa shape index (κ3) is 2.42. The smallest absolute Gasteiger partial charge is 0.251 e. The molecule has 0 unspecified atom stereocenters. The van der Waals surface area contributed by atoms with Crippen molar-refractivity contribution in [1.82, 2.24) is 20.0 Å². The van der Waals surface area contributed by atoms with Gasteiger partial charge in [0.1, 0.15) is 0 Å². The van der Waals surface area contributed by atoms with Gasteiger partial charge >= 0.3 is 0 Å². The number of nitrogens with one attached hydrogen (secondary N) is 1. The lowest BCUT2D eigenvalue weighted by Gasteiger charge is -2.21. The number of fused-ring (bicyclic) bond motifs is 2. The highest BCUT2D eigenvalue weighted by Gasteiger charge is 2.46. The van der Waals surface area contributed by atoms with E-state index in [-0.39, 0.29) is 18.0 Å². The first-order chi connectivity index (χ1) is 11.7. The summed E-state index contributed by atoms with van der Waals surface area (Å²) < 4.78 is 1.79. The van der Waals surface area contributed by atoms with E-state index in [0.29, 0.717) is 11.6 Å².